The van der Waals surface area contributed by atoms with Crippen molar-refractivity contribution in [2.45, 2.75) is 42.1 Å². The summed E-state index contributed by atoms with van der Waals surface area (Å²) in [6.45, 7) is 3.84. The molecule has 1 amide bonds. The van der Waals surface area contributed by atoms with E-state index in [-0.39, 0.29) is 11.4 Å². The molecule has 4 nitrogen and oxygen atoms in total. The summed E-state index contributed by atoms with van der Waals surface area (Å²) >= 11 is 0. The molecule has 2 aromatic rings. The molecule has 0 aliphatic heterocycles. The van der Waals surface area contributed by atoms with Gasteiger partial charge in [0.15, 0.2) is 0 Å². The Bertz CT molecular complexity index is 680. The van der Waals surface area contributed by atoms with Gasteiger partial charge in [-0.1, -0.05) is 35.4 Å². The predicted molar refractivity (Wildman–Crippen MR) is 105 cm³/mol. The standard InChI is InChI=1S/C19H21N2O2S2/c1-14-9-11-15(12-10-14)21-19(22)23-16-6-2-3-7-17(16)24-25-18-8-4-5-13-20-18/h4-5,8-13,16-17H,1-3,6-7H2,(H,21,22)/t16-,17-/m0/s1. The van der Waals surface area contributed by atoms with Crippen molar-refractivity contribution in [1.82, 2.24) is 4.98 Å². The van der Waals surface area contributed by atoms with Gasteiger partial charge in [-0.3, -0.25) is 5.32 Å². The molecule has 25 heavy (non-hydrogen) atoms. The van der Waals surface area contributed by atoms with Crippen molar-refractivity contribution in [2.24, 2.45) is 0 Å². The summed E-state index contributed by atoms with van der Waals surface area (Å²) in [6.07, 6.45) is 5.57. The van der Waals surface area contributed by atoms with Crippen LogP contribution in [0.3, 0.4) is 0 Å². The number of hydrogen-bond donors (Lipinski definition) is 1. The van der Waals surface area contributed by atoms with Crippen LogP contribution in [0.4, 0.5) is 10.5 Å². The number of carbonyl (C=O) groups excluding carboxylic acids is 1. The van der Waals surface area contributed by atoms with Crippen LogP contribution in [0.1, 0.15) is 31.2 Å². The van der Waals surface area contributed by atoms with Crippen LogP contribution in [0.25, 0.3) is 0 Å². The van der Waals surface area contributed by atoms with Crippen LogP contribution in [-0.4, -0.2) is 22.4 Å². The second-order valence-electron chi connectivity index (χ2n) is 5.94. The van der Waals surface area contributed by atoms with Crippen LogP contribution in [-0.2, 0) is 4.74 Å². The predicted octanol–water partition coefficient (Wildman–Crippen LogP) is 5.56. The minimum absolute atomic E-state index is 0.0675. The van der Waals surface area contributed by atoms with Crippen molar-refractivity contribution in [1.29, 1.82) is 0 Å². The molecule has 2 atom stereocenters. The molecule has 1 aromatic heterocycles. The number of nitrogens with zero attached hydrogens (tertiary/aromatic N) is 1. The number of nitrogens with one attached hydrogen (secondary N) is 1. The average Bonchev–Trinajstić information content (AvgIpc) is 2.64. The van der Waals surface area contributed by atoms with Crippen molar-refractivity contribution in [2.75, 3.05) is 5.32 Å². The Morgan fingerprint density at radius 2 is 1.96 bits per heavy atom. The van der Waals surface area contributed by atoms with Crippen molar-refractivity contribution in [3.05, 3.63) is 61.1 Å². The summed E-state index contributed by atoms with van der Waals surface area (Å²) in [6, 6.07) is 13.3. The Labute approximate surface area is 156 Å². The van der Waals surface area contributed by atoms with E-state index in [2.05, 4.69) is 17.2 Å². The van der Waals surface area contributed by atoms with E-state index >= 15 is 0 Å². The topological polar surface area (TPSA) is 51.2 Å². The van der Waals surface area contributed by atoms with Gasteiger partial charge in [0, 0.05) is 11.9 Å². The highest BCUT2D eigenvalue weighted by Gasteiger charge is 2.29. The van der Waals surface area contributed by atoms with Gasteiger partial charge in [0.1, 0.15) is 11.1 Å². The zero-order chi connectivity index (χ0) is 17.5. The Kier molecular flexibility index (Phi) is 6.64. The van der Waals surface area contributed by atoms with Crippen molar-refractivity contribution >= 4 is 33.4 Å². The van der Waals surface area contributed by atoms with Crippen molar-refractivity contribution in [3.8, 4) is 0 Å². The fourth-order valence-corrected chi connectivity index (χ4v) is 5.35. The van der Waals surface area contributed by atoms with Crippen LogP contribution in [0.5, 0.6) is 0 Å². The first-order valence-corrected chi connectivity index (χ1v) is 10.6. The molecule has 1 N–H and O–H groups in total. The zero-order valence-corrected chi connectivity index (χ0v) is 15.5. The smallest absolute Gasteiger partial charge is 0.411 e. The number of aromatic nitrogens is 1. The molecular formula is C19H21N2O2S2. The molecule has 1 fully saturated rings. The molecule has 1 aliphatic rings. The number of rotatable bonds is 5. The Morgan fingerprint density at radius 1 is 1.16 bits per heavy atom. The van der Waals surface area contributed by atoms with E-state index in [0.29, 0.717) is 0 Å². The molecule has 1 heterocycles. The highest BCUT2D eigenvalue weighted by Crippen LogP contribution is 2.40. The molecule has 3 rings (SSSR count). The normalized spacial score (nSPS) is 20.0. The molecule has 1 radical (unpaired) electrons. The third-order valence-corrected chi connectivity index (χ3v) is 6.83. The van der Waals surface area contributed by atoms with E-state index in [1.807, 2.05) is 42.5 Å². The molecule has 0 saturated heterocycles. The van der Waals surface area contributed by atoms with Gasteiger partial charge in [-0.15, -0.1) is 0 Å². The van der Waals surface area contributed by atoms with Gasteiger partial charge in [-0.05, 0) is 66.8 Å². The average molecular weight is 374 g/mol. The van der Waals surface area contributed by atoms with Gasteiger partial charge in [-0.2, -0.15) is 0 Å². The highest BCUT2D eigenvalue weighted by molar-refractivity contribution is 8.76. The van der Waals surface area contributed by atoms with E-state index in [1.54, 1.807) is 27.8 Å². The zero-order valence-electron chi connectivity index (χ0n) is 13.9. The largest absolute Gasteiger partial charge is 0.445 e. The van der Waals surface area contributed by atoms with Gasteiger partial charge in [0.25, 0.3) is 0 Å². The van der Waals surface area contributed by atoms with E-state index in [1.165, 1.54) is 6.42 Å². The van der Waals surface area contributed by atoms with E-state index in [4.69, 9.17) is 4.74 Å². The number of hydrogen-bond acceptors (Lipinski definition) is 5. The first-order chi connectivity index (χ1) is 12.2. The summed E-state index contributed by atoms with van der Waals surface area (Å²) < 4.78 is 5.71. The number of amides is 1. The fraction of sp³-hybridized carbons (Fsp3) is 0.316. The number of benzene rings is 1. The molecule has 0 bridgehead atoms. The van der Waals surface area contributed by atoms with E-state index < -0.39 is 6.09 Å². The Hall–Kier alpha value is -1.66. The minimum atomic E-state index is -0.392. The maximum atomic E-state index is 12.2. The molecule has 131 valence electrons. The molecule has 1 saturated carbocycles. The fourth-order valence-electron chi connectivity index (χ4n) is 2.69. The lowest BCUT2D eigenvalue weighted by Gasteiger charge is -2.30. The number of carbonyl (C=O) groups is 1. The van der Waals surface area contributed by atoms with E-state index in [0.717, 1.165) is 35.5 Å². The first-order valence-electron chi connectivity index (χ1n) is 8.35. The molecule has 1 aromatic carbocycles. The van der Waals surface area contributed by atoms with Gasteiger partial charge in [0.05, 0.1) is 5.25 Å². The van der Waals surface area contributed by atoms with E-state index in [9.17, 15) is 4.79 Å². The van der Waals surface area contributed by atoms with Gasteiger partial charge >= 0.3 is 6.09 Å². The quantitative estimate of drug-likeness (QED) is 0.695. The third kappa shape index (κ3) is 5.68. The molecule has 0 unspecified atom stereocenters. The number of pyridine rings is 1. The maximum absolute atomic E-state index is 12.2. The first kappa shape index (κ1) is 18.1. The van der Waals surface area contributed by atoms with Crippen molar-refractivity contribution < 1.29 is 9.53 Å². The second-order valence-corrected chi connectivity index (χ2v) is 8.40. The third-order valence-electron chi connectivity index (χ3n) is 4.00. The lowest BCUT2D eigenvalue weighted by Crippen LogP contribution is -2.33. The van der Waals surface area contributed by atoms with Crippen LogP contribution in [0.2, 0.25) is 0 Å². The van der Waals surface area contributed by atoms with Gasteiger partial charge < -0.3 is 4.74 Å². The van der Waals surface area contributed by atoms with Crippen LogP contribution < -0.4 is 5.32 Å². The monoisotopic (exact) mass is 373 g/mol. The lowest BCUT2D eigenvalue weighted by molar-refractivity contribution is 0.0909. The van der Waals surface area contributed by atoms with Crippen LogP contribution >= 0.6 is 21.6 Å². The summed E-state index contributed by atoms with van der Waals surface area (Å²) in [7, 11) is 3.40. The maximum Gasteiger partial charge on any atom is 0.411 e. The van der Waals surface area contributed by atoms with Crippen LogP contribution in [0.15, 0.2) is 53.7 Å². The Balaban J connectivity index is 1.53. The summed E-state index contributed by atoms with van der Waals surface area (Å²) in [5.74, 6) is 0. The Morgan fingerprint density at radius 3 is 2.72 bits per heavy atom. The SMILES string of the molecule is [CH2]c1ccc(NC(=O)O[C@H]2CCCC[C@@H]2SSc2ccccn2)cc1. The highest BCUT2D eigenvalue weighted by atomic mass is 33.1. The summed E-state index contributed by atoms with van der Waals surface area (Å²) in [5.41, 5.74) is 1.63. The second kappa shape index (κ2) is 9.15. The number of ether oxygens (including phenoxy) is 1. The lowest BCUT2D eigenvalue weighted by atomic mass is 9.97. The number of anilines is 1. The van der Waals surface area contributed by atoms with Crippen LogP contribution in [0, 0.1) is 6.92 Å². The minimum Gasteiger partial charge on any atom is -0.445 e. The van der Waals surface area contributed by atoms with Gasteiger partial charge in [-0.25, -0.2) is 9.78 Å². The molecule has 0 spiro atoms. The summed E-state index contributed by atoms with van der Waals surface area (Å²) in [5, 5.41) is 4.06. The summed E-state index contributed by atoms with van der Waals surface area (Å²) in [4.78, 5) is 16.5. The molecule has 6 heteroatoms. The molecular weight excluding hydrogens is 352 g/mol. The molecule has 1 aliphatic carbocycles. The van der Waals surface area contributed by atoms with Crippen molar-refractivity contribution in [3.63, 3.8) is 0 Å². The van der Waals surface area contributed by atoms with Gasteiger partial charge in [0.2, 0.25) is 0 Å².